The van der Waals surface area contributed by atoms with Crippen LogP contribution in [0.25, 0.3) is 0 Å². The second-order valence-corrected chi connectivity index (χ2v) is 7.06. The van der Waals surface area contributed by atoms with Gasteiger partial charge >= 0.3 is 0 Å². The van der Waals surface area contributed by atoms with Gasteiger partial charge in [0.25, 0.3) is 0 Å². The summed E-state index contributed by atoms with van der Waals surface area (Å²) in [4.78, 5) is 14.4. The van der Waals surface area contributed by atoms with Gasteiger partial charge in [0.05, 0.1) is 6.04 Å². The molecular formula is C19H29NO2. The topological polar surface area (TPSA) is 29.5 Å². The molecule has 0 spiro atoms. The van der Waals surface area contributed by atoms with Gasteiger partial charge in [-0.25, -0.2) is 0 Å². The lowest BCUT2D eigenvalue weighted by molar-refractivity contribution is -0.118. The number of hydrogen-bond donors (Lipinski definition) is 0. The molecule has 1 aliphatic heterocycles. The molecule has 22 heavy (non-hydrogen) atoms. The highest BCUT2D eigenvalue weighted by molar-refractivity contribution is 5.90. The summed E-state index contributed by atoms with van der Waals surface area (Å²) < 4.78 is 5.39. The van der Waals surface area contributed by atoms with Crippen LogP contribution in [0, 0.1) is 0 Å². The van der Waals surface area contributed by atoms with Crippen LogP contribution in [0.15, 0.2) is 24.3 Å². The largest absolute Gasteiger partial charge is 0.382 e. The number of carbonyl (C=O) groups excluding carboxylic acids is 1. The highest BCUT2D eigenvalue weighted by Gasteiger charge is 2.32. The lowest BCUT2D eigenvalue weighted by atomic mass is 9.87. The molecule has 122 valence electrons. The number of carbonyl (C=O) groups is 1. The smallest absolute Gasteiger partial charge is 0.156 e. The van der Waals surface area contributed by atoms with Crippen molar-refractivity contribution >= 4 is 11.5 Å². The highest BCUT2D eigenvalue weighted by Crippen LogP contribution is 2.29. The molecule has 0 aliphatic carbocycles. The maximum Gasteiger partial charge on any atom is 0.156 e. The van der Waals surface area contributed by atoms with Crippen molar-refractivity contribution in [3.63, 3.8) is 0 Å². The Bertz CT molecular complexity index is 487. The van der Waals surface area contributed by atoms with Gasteiger partial charge in [0.15, 0.2) is 5.78 Å². The van der Waals surface area contributed by atoms with Crippen molar-refractivity contribution in [3.05, 3.63) is 29.8 Å². The molecule has 3 heteroatoms. The van der Waals surface area contributed by atoms with Gasteiger partial charge in [-0.15, -0.1) is 0 Å². The van der Waals surface area contributed by atoms with Crippen LogP contribution in [0.5, 0.6) is 0 Å². The van der Waals surface area contributed by atoms with Crippen LogP contribution in [-0.2, 0) is 14.9 Å². The lowest BCUT2D eigenvalue weighted by Crippen LogP contribution is -2.33. The molecule has 1 aromatic carbocycles. The number of hydrogen-bond acceptors (Lipinski definition) is 3. The number of anilines is 1. The maximum atomic E-state index is 12.2. The zero-order valence-corrected chi connectivity index (χ0v) is 14.4. The minimum absolute atomic E-state index is 0.0287. The van der Waals surface area contributed by atoms with E-state index in [0.29, 0.717) is 12.2 Å². The number of Topliss-reactive ketones (excluding diaryl/α,β-unsaturated/α-hetero) is 1. The van der Waals surface area contributed by atoms with Crippen LogP contribution in [0.4, 0.5) is 5.69 Å². The molecule has 1 aliphatic rings. The molecule has 1 aromatic rings. The predicted octanol–water partition coefficient (Wildman–Crippen LogP) is 3.95. The average molecular weight is 303 g/mol. The van der Waals surface area contributed by atoms with Gasteiger partial charge in [0.1, 0.15) is 0 Å². The average Bonchev–Trinajstić information content (AvgIpc) is 2.84. The van der Waals surface area contributed by atoms with Crippen molar-refractivity contribution in [2.24, 2.45) is 0 Å². The summed E-state index contributed by atoms with van der Waals surface area (Å²) >= 11 is 0. The molecule has 3 nitrogen and oxygen atoms in total. The highest BCUT2D eigenvalue weighted by atomic mass is 16.5. The van der Waals surface area contributed by atoms with Gasteiger partial charge in [-0.05, 0) is 42.9 Å². The first kappa shape index (κ1) is 17.0. The second kappa shape index (κ2) is 7.28. The summed E-state index contributed by atoms with van der Waals surface area (Å²) in [6, 6.07) is 8.73. The van der Waals surface area contributed by atoms with E-state index in [0.717, 1.165) is 32.6 Å². The Labute approximate surface area is 134 Å². The molecule has 0 N–H and O–H groups in total. The van der Waals surface area contributed by atoms with Crippen molar-refractivity contribution < 1.29 is 9.53 Å². The van der Waals surface area contributed by atoms with Crippen molar-refractivity contribution in [1.29, 1.82) is 0 Å². The SMILES string of the molecule is CCOCCCC1C(=O)CCN1c1ccc(C(C)(C)C)cc1. The standard InChI is InChI=1S/C19H29NO2/c1-5-22-14-6-7-17-18(21)12-13-20(17)16-10-8-15(9-11-16)19(2,3)4/h8-11,17H,5-7,12-14H2,1-4H3. The first-order valence-corrected chi connectivity index (χ1v) is 8.41. The molecule has 1 saturated heterocycles. The molecule has 1 unspecified atom stereocenters. The first-order chi connectivity index (χ1) is 10.4. The van der Waals surface area contributed by atoms with Crippen LogP contribution in [0.1, 0.15) is 52.5 Å². The van der Waals surface area contributed by atoms with Gasteiger partial charge in [-0.1, -0.05) is 32.9 Å². The molecule has 0 radical (unpaired) electrons. The Morgan fingerprint density at radius 3 is 2.50 bits per heavy atom. The third-order valence-corrected chi connectivity index (χ3v) is 4.38. The fourth-order valence-corrected chi connectivity index (χ4v) is 3.03. The van der Waals surface area contributed by atoms with Gasteiger partial charge in [-0.3, -0.25) is 4.79 Å². The van der Waals surface area contributed by atoms with Crippen LogP contribution in [-0.4, -0.2) is 31.6 Å². The van der Waals surface area contributed by atoms with Gasteiger partial charge < -0.3 is 9.64 Å². The molecule has 1 atom stereocenters. The van der Waals surface area contributed by atoms with E-state index < -0.39 is 0 Å². The quantitative estimate of drug-likeness (QED) is 0.745. The van der Waals surface area contributed by atoms with Gasteiger partial charge in [0, 0.05) is 31.9 Å². The van der Waals surface area contributed by atoms with E-state index in [2.05, 4.69) is 49.9 Å². The Morgan fingerprint density at radius 1 is 1.23 bits per heavy atom. The van der Waals surface area contributed by atoms with E-state index in [1.165, 1.54) is 11.3 Å². The molecule has 0 aromatic heterocycles. The number of ketones is 1. The molecule has 0 saturated carbocycles. The van der Waals surface area contributed by atoms with Crippen LogP contribution in [0.3, 0.4) is 0 Å². The molecule has 2 rings (SSSR count). The third-order valence-electron chi connectivity index (χ3n) is 4.38. The summed E-state index contributed by atoms with van der Waals surface area (Å²) in [6.07, 6.45) is 2.50. The summed E-state index contributed by atoms with van der Waals surface area (Å²) in [5.74, 6) is 0.372. The van der Waals surface area contributed by atoms with Gasteiger partial charge in [0.2, 0.25) is 0 Å². The van der Waals surface area contributed by atoms with Crippen molar-refractivity contribution in [3.8, 4) is 0 Å². The minimum atomic E-state index is 0.0287. The minimum Gasteiger partial charge on any atom is -0.382 e. The zero-order valence-electron chi connectivity index (χ0n) is 14.4. The van der Waals surface area contributed by atoms with Crippen LogP contribution >= 0.6 is 0 Å². The van der Waals surface area contributed by atoms with Crippen molar-refractivity contribution in [1.82, 2.24) is 0 Å². The van der Waals surface area contributed by atoms with E-state index in [-0.39, 0.29) is 11.5 Å². The zero-order chi connectivity index (χ0) is 16.2. The predicted molar refractivity (Wildman–Crippen MR) is 91.6 cm³/mol. The van der Waals surface area contributed by atoms with Gasteiger partial charge in [-0.2, -0.15) is 0 Å². The van der Waals surface area contributed by atoms with E-state index in [4.69, 9.17) is 4.74 Å². The van der Waals surface area contributed by atoms with E-state index in [1.807, 2.05) is 6.92 Å². The molecular weight excluding hydrogens is 274 g/mol. The molecule has 1 fully saturated rings. The third kappa shape index (κ3) is 4.10. The summed E-state index contributed by atoms with van der Waals surface area (Å²) in [7, 11) is 0. The number of benzene rings is 1. The normalized spacial score (nSPS) is 19.0. The fraction of sp³-hybridized carbons (Fsp3) is 0.632. The van der Waals surface area contributed by atoms with E-state index >= 15 is 0 Å². The Balaban J connectivity index is 2.04. The summed E-state index contributed by atoms with van der Waals surface area (Å²) in [5.41, 5.74) is 2.66. The first-order valence-electron chi connectivity index (χ1n) is 8.41. The fourth-order valence-electron chi connectivity index (χ4n) is 3.03. The summed E-state index contributed by atoms with van der Waals surface area (Å²) in [5, 5.41) is 0. The van der Waals surface area contributed by atoms with Crippen LogP contribution < -0.4 is 4.90 Å². The van der Waals surface area contributed by atoms with E-state index in [1.54, 1.807) is 0 Å². The van der Waals surface area contributed by atoms with Crippen molar-refractivity contribution in [2.75, 3.05) is 24.7 Å². The van der Waals surface area contributed by atoms with Crippen LogP contribution in [0.2, 0.25) is 0 Å². The lowest BCUT2D eigenvalue weighted by Gasteiger charge is -2.27. The van der Waals surface area contributed by atoms with E-state index in [9.17, 15) is 4.79 Å². The second-order valence-electron chi connectivity index (χ2n) is 7.06. The Kier molecular flexibility index (Phi) is 5.63. The molecule has 0 amide bonds. The Hall–Kier alpha value is -1.35. The molecule has 1 heterocycles. The monoisotopic (exact) mass is 303 g/mol. The molecule has 0 bridgehead atoms. The number of rotatable bonds is 6. The number of ether oxygens (including phenoxy) is 1. The number of nitrogens with zero attached hydrogens (tertiary/aromatic N) is 1. The maximum absolute atomic E-state index is 12.2. The van der Waals surface area contributed by atoms with Crippen molar-refractivity contribution in [2.45, 2.75) is 58.4 Å². The Morgan fingerprint density at radius 2 is 1.91 bits per heavy atom. The summed E-state index contributed by atoms with van der Waals surface area (Å²) in [6.45, 7) is 11.0.